The van der Waals surface area contributed by atoms with Crippen LogP contribution in [-0.4, -0.2) is 6.04 Å². The lowest BCUT2D eigenvalue weighted by Crippen LogP contribution is -2.32. The fraction of sp³-hybridized carbons (Fsp3) is 0.625. The number of hydrogen-bond acceptors (Lipinski definition) is 1. The Morgan fingerprint density at radius 2 is 1.72 bits per heavy atom. The van der Waals surface area contributed by atoms with Crippen molar-refractivity contribution in [2.75, 3.05) is 0 Å². The maximum atomic E-state index is 3.70. The molecule has 1 aliphatic rings. The van der Waals surface area contributed by atoms with Gasteiger partial charge in [0.2, 0.25) is 0 Å². The van der Waals surface area contributed by atoms with Crippen LogP contribution in [-0.2, 0) is 6.54 Å². The lowest BCUT2D eigenvalue weighted by atomic mass is 9.83. The normalized spacial score (nSPS) is 23.4. The molecule has 1 fully saturated rings. The van der Waals surface area contributed by atoms with E-state index in [4.69, 9.17) is 0 Å². The average Bonchev–Trinajstić information content (AvgIpc) is 2.40. The third-order valence-electron chi connectivity index (χ3n) is 3.98. The summed E-state index contributed by atoms with van der Waals surface area (Å²) >= 11 is 0. The largest absolute Gasteiger partial charge is 0.310 e. The molecule has 102 valence electrons. The molecule has 18 heavy (non-hydrogen) atoms. The summed E-state index contributed by atoms with van der Waals surface area (Å²) in [6.07, 6.45) is 8.40. The summed E-state index contributed by atoms with van der Waals surface area (Å²) in [5.41, 5.74) is 1.41. The van der Waals surface area contributed by atoms with Crippen LogP contribution in [0.1, 0.15) is 51.0 Å². The third-order valence-corrected chi connectivity index (χ3v) is 3.98. The van der Waals surface area contributed by atoms with E-state index >= 15 is 0 Å². The molecule has 0 aromatic heterocycles. The second kappa shape index (κ2) is 8.55. The first-order valence-electron chi connectivity index (χ1n) is 7.15. The average molecular weight is 268 g/mol. The highest BCUT2D eigenvalue weighted by Crippen LogP contribution is 2.27. The maximum Gasteiger partial charge on any atom is 0.0208 e. The van der Waals surface area contributed by atoms with Gasteiger partial charge in [0.05, 0.1) is 0 Å². The quantitative estimate of drug-likeness (QED) is 0.825. The first-order chi connectivity index (χ1) is 8.38. The van der Waals surface area contributed by atoms with Gasteiger partial charge < -0.3 is 5.32 Å². The van der Waals surface area contributed by atoms with Gasteiger partial charge in [0.1, 0.15) is 0 Å². The van der Waals surface area contributed by atoms with E-state index in [1.807, 2.05) is 0 Å². The molecule has 0 bridgehead atoms. The van der Waals surface area contributed by atoms with Gasteiger partial charge in [-0.25, -0.2) is 0 Å². The van der Waals surface area contributed by atoms with Crippen LogP contribution >= 0.6 is 12.4 Å². The van der Waals surface area contributed by atoms with Gasteiger partial charge in [0.25, 0.3) is 0 Å². The molecule has 0 aliphatic heterocycles. The Bertz CT molecular complexity index is 304. The van der Waals surface area contributed by atoms with E-state index in [-0.39, 0.29) is 12.4 Å². The van der Waals surface area contributed by atoms with Crippen LogP contribution in [0.25, 0.3) is 0 Å². The van der Waals surface area contributed by atoms with Crippen molar-refractivity contribution in [2.45, 2.75) is 58.0 Å². The zero-order chi connectivity index (χ0) is 11.9. The number of benzene rings is 1. The van der Waals surface area contributed by atoms with Crippen molar-refractivity contribution in [3.8, 4) is 0 Å². The van der Waals surface area contributed by atoms with E-state index in [1.165, 1.54) is 44.1 Å². The first kappa shape index (κ1) is 15.5. The summed E-state index contributed by atoms with van der Waals surface area (Å²) < 4.78 is 0. The first-order valence-corrected chi connectivity index (χ1v) is 7.15. The van der Waals surface area contributed by atoms with Gasteiger partial charge in [-0.1, -0.05) is 50.1 Å². The van der Waals surface area contributed by atoms with Crippen LogP contribution in [0.2, 0.25) is 0 Å². The van der Waals surface area contributed by atoms with Crippen LogP contribution in [0.4, 0.5) is 0 Å². The van der Waals surface area contributed by atoms with E-state index in [2.05, 4.69) is 42.6 Å². The minimum atomic E-state index is 0. The second-order valence-corrected chi connectivity index (χ2v) is 5.37. The molecule has 1 nitrogen and oxygen atoms in total. The molecule has 0 radical (unpaired) electrons. The second-order valence-electron chi connectivity index (χ2n) is 5.37. The SMILES string of the molecule is CCC[C@H]1CC[C@H](NCc2ccccc2)CC1.Cl. The van der Waals surface area contributed by atoms with Crippen molar-refractivity contribution in [3.63, 3.8) is 0 Å². The van der Waals surface area contributed by atoms with Crippen LogP contribution in [0, 0.1) is 5.92 Å². The van der Waals surface area contributed by atoms with Crippen molar-refractivity contribution < 1.29 is 0 Å². The molecule has 2 heteroatoms. The number of nitrogens with one attached hydrogen (secondary N) is 1. The Labute approximate surface area is 118 Å². The Morgan fingerprint density at radius 1 is 1.06 bits per heavy atom. The Hall–Kier alpha value is -0.530. The Kier molecular flexibility index (Phi) is 7.38. The van der Waals surface area contributed by atoms with Crippen LogP contribution in [0.15, 0.2) is 30.3 Å². The van der Waals surface area contributed by atoms with E-state index in [0.29, 0.717) is 0 Å². The molecule has 0 unspecified atom stereocenters. The molecule has 0 saturated heterocycles. The minimum Gasteiger partial charge on any atom is -0.310 e. The van der Waals surface area contributed by atoms with E-state index in [0.717, 1.165) is 18.5 Å². The zero-order valence-electron chi connectivity index (χ0n) is 11.4. The molecule has 0 heterocycles. The molecule has 1 aromatic carbocycles. The van der Waals surface area contributed by atoms with Crippen LogP contribution in [0.5, 0.6) is 0 Å². The van der Waals surface area contributed by atoms with Crippen molar-refractivity contribution in [3.05, 3.63) is 35.9 Å². The summed E-state index contributed by atoms with van der Waals surface area (Å²) in [5.74, 6) is 1.01. The fourth-order valence-electron chi connectivity index (χ4n) is 2.92. The zero-order valence-corrected chi connectivity index (χ0v) is 12.2. The third kappa shape index (κ3) is 4.99. The summed E-state index contributed by atoms with van der Waals surface area (Å²) in [7, 11) is 0. The standard InChI is InChI=1S/C16H25N.ClH/c1-2-6-14-9-11-16(12-10-14)17-13-15-7-4-3-5-8-15;/h3-5,7-8,14,16-17H,2,6,9-13H2,1H3;1H/t14-,16-;. The van der Waals surface area contributed by atoms with Gasteiger partial charge in [-0.05, 0) is 37.2 Å². The van der Waals surface area contributed by atoms with Gasteiger partial charge >= 0.3 is 0 Å². The number of halogens is 1. The predicted molar refractivity (Wildman–Crippen MR) is 81.2 cm³/mol. The molecule has 1 N–H and O–H groups in total. The smallest absolute Gasteiger partial charge is 0.0208 e. The van der Waals surface area contributed by atoms with E-state index in [9.17, 15) is 0 Å². The van der Waals surface area contributed by atoms with Crippen LogP contribution in [0.3, 0.4) is 0 Å². The van der Waals surface area contributed by atoms with Gasteiger partial charge in [0, 0.05) is 12.6 Å². The minimum absolute atomic E-state index is 0. The summed E-state index contributed by atoms with van der Waals surface area (Å²) in [4.78, 5) is 0. The highest BCUT2D eigenvalue weighted by molar-refractivity contribution is 5.85. The van der Waals surface area contributed by atoms with Gasteiger partial charge in [-0.15, -0.1) is 12.4 Å². The number of rotatable bonds is 5. The summed E-state index contributed by atoms with van der Waals surface area (Å²) in [5, 5.41) is 3.70. The molecule has 0 amide bonds. The summed E-state index contributed by atoms with van der Waals surface area (Å²) in [6, 6.07) is 11.5. The summed E-state index contributed by atoms with van der Waals surface area (Å²) in [6.45, 7) is 3.34. The molecule has 0 atom stereocenters. The van der Waals surface area contributed by atoms with Crippen molar-refractivity contribution in [1.29, 1.82) is 0 Å². The lowest BCUT2D eigenvalue weighted by molar-refractivity contribution is 0.277. The molecule has 1 aromatic rings. The van der Waals surface area contributed by atoms with Crippen LogP contribution < -0.4 is 5.32 Å². The molecule has 2 rings (SSSR count). The highest BCUT2D eigenvalue weighted by Gasteiger charge is 2.19. The van der Waals surface area contributed by atoms with Gasteiger partial charge in [-0.2, -0.15) is 0 Å². The highest BCUT2D eigenvalue weighted by atomic mass is 35.5. The molecule has 1 saturated carbocycles. The molecular formula is C16H26ClN. The number of hydrogen-bond donors (Lipinski definition) is 1. The van der Waals surface area contributed by atoms with Crippen molar-refractivity contribution >= 4 is 12.4 Å². The van der Waals surface area contributed by atoms with Crippen molar-refractivity contribution in [1.82, 2.24) is 5.32 Å². The van der Waals surface area contributed by atoms with Gasteiger partial charge in [-0.3, -0.25) is 0 Å². The van der Waals surface area contributed by atoms with Crippen molar-refractivity contribution in [2.24, 2.45) is 5.92 Å². The maximum absolute atomic E-state index is 3.70. The lowest BCUT2D eigenvalue weighted by Gasteiger charge is -2.29. The Morgan fingerprint density at radius 3 is 2.33 bits per heavy atom. The molecular weight excluding hydrogens is 242 g/mol. The van der Waals surface area contributed by atoms with E-state index < -0.39 is 0 Å². The van der Waals surface area contributed by atoms with E-state index in [1.54, 1.807) is 0 Å². The molecule has 0 spiro atoms. The Balaban J connectivity index is 0.00000162. The topological polar surface area (TPSA) is 12.0 Å². The molecule has 1 aliphatic carbocycles. The monoisotopic (exact) mass is 267 g/mol. The van der Waals surface area contributed by atoms with Gasteiger partial charge in [0.15, 0.2) is 0 Å². The fourth-order valence-corrected chi connectivity index (χ4v) is 2.92. The predicted octanol–water partition coefficient (Wildman–Crippen LogP) is 4.56.